The summed E-state index contributed by atoms with van der Waals surface area (Å²) in [5.74, 6) is -0.649. The number of carbonyl (C=O) groups excluding carboxylic acids is 1. The molecule has 0 unspecified atom stereocenters. The average Bonchev–Trinajstić information content (AvgIpc) is 3.37. The van der Waals surface area contributed by atoms with Crippen LogP contribution in [-0.2, 0) is 14.6 Å². The summed E-state index contributed by atoms with van der Waals surface area (Å²) in [6.07, 6.45) is 0.244. The van der Waals surface area contributed by atoms with E-state index in [4.69, 9.17) is 0 Å². The van der Waals surface area contributed by atoms with Crippen LogP contribution in [0.1, 0.15) is 18.0 Å². The third-order valence-electron chi connectivity index (χ3n) is 5.72. The summed E-state index contributed by atoms with van der Waals surface area (Å²) in [5, 5.41) is 15.2. The van der Waals surface area contributed by atoms with E-state index in [0.29, 0.717) is 23.4 Å². The van der Waals surface area contributed by atoms with Crippen LogP contribution in [0.25, 0.3) is 11.1 Å². The van der Waals surface area contributed by atoms with Crippen LogP contribution in [0.15, 0.2) is 83.8 Å². The van der Waals surface area contributed by atoms with E-state index in [-0.39, 0.29) is 17.9 Å². The number of amides is 1. The van der Waals surface area contributed by atoms with Crippen LogP contribution < -0.4 is 10.6 Å². The van der Waals surface area contributed by atoms with E-state index in [1.165, 1.54) is 30.3 Å². The normalized spacial score (nSPS) is 19.0. The number of thioether (sulfide) groups is 1. The van der Waals surface area contributed by atoms with Crippen molar-refractivity contribution in [3.05, 3.63) is 90.2 Å². The summed E-state index contributed by atoms with van der Waals surface area (Å²) in [6, 6.07) is 20.7. The van der Waals surface area contributed by atoms with Gasteiger partial charge in [0.05, 0.1) is 10.9 Å². The number of halogens is 1. The minimum Gasteiger partial charge on any atom is -0.396 e. The molecule has 178 valence electrons. The van der Waals surface area contributed by atoms with Gasteiger partial charge in [0.2, 0.25) is 9.84 Å². The summed E-state index contributed by atoms with van der Waals surface area (Å²) >= 11 is 1.02. The number of hydrogen-bond acceptors (Lipinski definition) is 6. The maximum Gasteiger partial charge on any atom is 0.267 e. The fourth-order valence-electron chi connectivity index (χ4n) is 3.97. The van der Waals surface area contributed by atoms with Crippen molar-refractivity contribution in [2.45, 2.75) is 21.6 Å². The summed E-state index contributed by atoms with van der Waals surface area (Å²) in [6.45, 7) is 0.179. The number of aliphatic hydroxyl groups is 1. The predicted molar refractivity (Wildman–Crippen MR) is 131 cm³/mol. The Hall–Kier alpha value is -2.72. The molecule has 9 heteroatoms. The van der Waals surface area contributed by atoms with Gasteiger partial charge < -0.3 is 10.4 Å². The van der Waals surface area contributed by atoms with Crippen LogP contribution in [0.5, 0.6) is 0 Å². The molecule has 0 saturated carbocycles. The Balaban J connectivity index is 1.65. The van der Waals surface area contributed by atoms with Crippen LogP contribution in [0, 0.1) is 5.82 Å². The Kier molecular flexibility index (Phi) is 7.37. The van der Waals surface area contributed by atoms with E-state index in [0.717, 1.165) is 17.3 Å². The van der Waals surface area contributed by atoms with Gasteiger partial charge in [0, 0.05) is 24.5 Å². The fourth-order valence-corrected chi connectivity index (χ4v) is 7.43. The molecule has 2 atom stereocenters. The molecule has 3 aromatic carbocycles. The highest BCUT2D eigenvalue weighted by molar-refractivity contribution is 8.16. The fraction of sp³-hybridized carbons (Fsp3) is 0.240. The minimum atomic E-state index is -4.17. The van der Waals surface area contributed by atoms with Crippen molar-refractivity contribution in [1.82, 2.24) is 10.6 Å². The van der Waals surface area contributed by atoms with Crippen LogP contribution in [-0.4, -0.2) is 42.5 Å². The summed E-state index contributed by atoms with van der Waals surface area (Å²) in [5.41, 5.74) is 1.67. The summed E-state index contributed by atoms with van der Waals surface area (Å²) in [4.78, 5) is 13.4. The minimum absolute atomic E-state index is 0.0388. The van der Waals surface area contributed by atoms with Gasteiger partial charge in [-0.15, -0.1) is 11.8 Å². The molecule has 0 aliphatic carbocycles. The molecule has 3 aromatic rings. The molecule has 1 fully saturated rings. The number of carbonyl (C=O) groups is 1. The van der Waals surface area contributed by atoms with E-state index >= 15 is 0 Å². The zero-order valence-electron chi connectivity index (χ0n) is 18.3. The quantitative estimate of drug-likeness (QED) is 0.438. The standard InChI is InChI=1S/C25H25FN2O4S2/c26-22-9-5-4-8-21(22)18-10-12-20(13-11-18)34(31,32)25(27-15-17-33-25)24(30)28-23(14-16-29)19-6-2-1-3-7-19/h1-13,23,27,29H,14-17H2,(H,28,30)/t23-,25-/m0/s1. The van der Waals surface area contributed by atoms with Crippen molar-refractivity contribution >= 4 is 27.5 Å². The summed E-state index contributed by atoms with van der Waals surface area (Å²) in [7, 11) is -4.17. The number of benzene rings is 3. The largest absolute Gasteiger partial charge is 0.396 e. The first-order chi connectivity index (χ1) is 16.4. The SMILES string of the molecule is O=C(N[C@@H](CCO)c1ccccc1)[C@]1(S(=O)(=O)c2ccc(-c3ccccc3F)cc2)NCCS1. The zero-order valence-corrected chi connectivity index (χ0v) is 19.9. The number of hydrogen-bond donors (Lipinski definition) is 3. The number of nitrogens with one attached hydrogen (secondary N) is 2. The Morgan fingerprint density at radius 2 is 1.74 bits per heavy atom. The summed E-state index contributed by atoms with van der Waals surface area (Å²) < 4.78 is 39.7. The molecule has 0 radical (unpaired) electrons. The van der Waals surface area contributed by atoms with Gasteiger partial charge in [-0.05, 0) is 35.7 Å². The van der Waals surface area contributed by atoms with Gasteiger partial charge in [-0.2, -0.15) is 0 Å². The molecule has 1 aliphatic heterocycles. The van der Waals surface area contributed by atoms with E-state index < -0.39 is 31.8 Å². The van der Waals surface area contributed by atoms with Gasteiger partial charge in [-0.1, -0.05) is 60.7 Å². The molecular weight excluding hydrogens is 475 g/mol. The van der Waals surface area contributed by atoms with E-state index in [2.05, 4.69) is 10.6 Å². The molecule has 1 heterocycles. The first kappa shape index (κ1) is 24.4. The molecule has 1 saturated heterocycles. The lowest BCUT2D eigenvalue weighted by Crippen LogP contribution is -2.57. The van der Waals surface area contributed by atoms with Crippen molar-refractivity contribution in [2.24, 2.45) is 0 Å². The monoisotopic (exact) mass is 500 g/mol. The van der Waals surface area contributed by atoms with E-state index in [1.807, 2.05) is 30.3 Å². The first-order valence-electron chi connectivity index (χ1n) is 10.8. The molecule has 34 heavy (non-hydrogen) atoms. The van der Waals surface area contributed by atoms with Gasteiger partial charge in [-0.25, -0.2) is 12.8 Å². The Labute approximate surface area is 202 Å². The van der Waals surface area contributed by atoms with Crippen molar-refractivity contribution in [1.29, 1.82) is 0 Å². The molecule has 6 nitrogen and oxygen atoms in total. The molecular formula is C25H25FN2O4S2. The van der Waals surface area contributed by atoms with Crippen LogP contribution in [0.3, 0.4) is 0 Å². The van der Waals surface area contributed by atoms with E-state index in [9.17, 15) is 22.7 Å². The van der Waals surface area contributed by atoms with Crippen LogP contribution in [0.2, 0.25) is 0 Å². The molecule has 1 amide bonds. The molecule has 1 aliphatic rings. The molecule has 4 rings (SSSR count). The third kappa shape index (κ3) is 4.61. The predicted octanol–water partition coefficient (Wildman–Crippen LogP) is 3.50. The highest BCUT2D eigenvalue weighted by Crippen LogP contribution is 2.39. The molecule has 0 aromatic heterocycles. The Morgan fingerprint density at radius 3 is 2.35 bits per heavy atom. The Bertz CT molecular complexity index is 1250. The lowest BCUT2D eigenvalue weighted by atomic mass is 10.0. The number of rotatable bonds is 8. The van der Waals surface area contributed by atoms with Gasteiger partial charge in [0.15, 0.2) is 0 Å². The second-order valence-corrected chi connectivity index (χ2v) is 11.5. The molecule has 0 spiro atoms. The lowest BCUT2D eigenvalue weighted by Gasteiger charge is -2.30. The zero-order chi connectivity index (χ0) is 24.2. The smallest absolute Gasteiger partial charge is 0.267 e. The van der Waals surface area contributed by atoms with Crippen LogP contribution in [0.4, 0.5) is 4.39 Å². The highest BCUT2D eigenvalue weighted by Gasteiger charge is 2.54. The lowest BCUT2D eigenvalue weighted by molar-refractivity contribution is -0.122. The van der Waals surface area contributed by atoms with Crippen molar-refractivity contribution in [2.75, 3.05) is 18.9 Å². The van der Waals surface area contributed by atoms with E-state index in [1.54, 1.807) is 18.2 Å². The highest BCUT2D eigenvalue weighted by atomic mass is 32.3. The second kappa shape index (κ2) is 10.3. The van der Waals surface area contributed by atoms with Gasteiger partial charge in [-0.3, -0.25) is 10.1 Å². The molecule has 3 N–H and O–H groups in total. The molecule has 0 bridgehead atoms. The number of aliphatic hydroxyl groups excluding tert-OH is 1. The van der Waals surface area contributed by atoms with Gasteiger partial charge >= 0.3 is 0 Å². The topological polar surface area (TPSA) is 95.5 Å². The van der Waals surface area contributed by atoms with Crippen molar-refractivity contribution in [3.63, 3.8) is 0 Å². The maximum atomic E-state index is 14.1. The second-order valence-electron chi connectivity index (χ2n) is 7.85. The van der Waals surface area contributed by atoms with Crippen molar-refractivity contribution in [3.8, 4) is 11.1 Å². The average molecular weight is 501 g/mol. The van der Waals surface area contributed by atoms with Gasteiger partial charge in [0.1, 0.15) is 5.82 Å². The third-order valence-corrected chi connectivity index (χ3v) is 9.85. The van der Waals surface area contributed by atoms with Gasteiger partial charge in [0.25, 0.3) is 10.1 Å². The Morgan fingerprint density at radius 1 is 1.06 bits per heavy atom. The first-order valence-corrected chi connectivity index (χ1v) is 13.3. The maximum absolute atomic E-state index is 14.1. The van der Waals surface area contributed by atoms with Crippen LogP contribution >= 0.6 is 11.8 Å². The van der Waals surface area contributed by atoms with Crippen molar-refractivity contribution < 1.29 is 22.7 Å². The number of sulfone groups is 1.